The number of aromatic nitrogens is 1. The van der Waals surface area contributed by atoms with Crippen LogP contribution in [-0.4, -0.2) is 18.1 Å². The Morgan fingerprint density at radius 3 is 2.76 bits per heavy atom. The van der Waals surface area contributed by atoms with Gasteiger partial charge in [0.2, 0.25) is 0 Å². The molecule has 0 saturated heterocycles. The maximum absolute atomic E-state index is 5.46. The SMILES string of the molecule is CCc1nc(C(CC)OC)sc1CNC1CC1. The van der Waals surface area contributed by atoms with Crippen LogP contribution in [-0.2, 0) is 17.7 Å². The van der Waals surface area contributed by atoms with E-state index in [1.807, 2.05) is 11.3 Å². The zero-order valence-electron chi connectivity index (χ0n) is 11.0. The van der Waals surface area contributed by atoms with E-state index < -0.39 is 0 Å². The van der Waals surface area contributed by atoms with Gasteiger partial charge >= 0.3 is 0 Å². The second-order valence-corrected chi connectivity index (χ2v) is 5.68. The normalized spacial score (nSPS) is 17.4. The lowest BCUT2D eigenvalue weighted by Gasteiger charge is -2.08. The van der Waals surface area contributed by atoms with E-state index >= 15 is 0 Å². The topological polar surface area (TPSA) is 34.1 Å². The van der Waals surface area contributed by atoms with Crippen LogP contribution < -0.4 is 5.32 Å². The third kappa shape index (κ3) is 3.27. The summed E-state index contributed by atoms with van der Waals surface area (Å²) in [4.78, 5) is 6.12. The summed E-state index contributed by atoms with van der Waals surface area (Å²) in [5.41, 5.74) is 1.24. The summed E-state index contributed by atoms with van der Waals surface area (Å²) in [7, 11) is 1.77. The highest BCUT2D eigenvalue weighted by Gasteiger charge is 2.22. The minimum absolute atomic E-state index is 0.167. The second-order valence-electron chi connectivity index (χ2n) is 4.56. The lowest BCUT2D eigenvalue weighted by molar-refractivity contribution is 0.0997. The Morgan fingerprint density at radius 1 is 1.47 bits per heavy atom. The van der Waals surface area contributed by atoms with Gasteiger partial charge in [0, 0.05) is 24.6 Å². The van der Waals surface area contributed by atoms with Crippen LogP contribution in [0.15, 0.2) is 0 Å². The number of hydrogen-bond acceptors (Lipinski definition) is 4. The molecule has 1 heterocycles. The van der Waals surface area contributed by atoms with Crippen LogP contribution in [0.25, 0.3) is 0 Å². The first-order chi connectivity index (χ1) is 8.28. The van der Waals surface area contributed by atoms with Gasteiger partial charge in [-0.05, 0) is 25.7 Å². The number of ether oxygens (including phenoxy) is 1. The molecule has 17 heavy (non-hydrogen) atoms. The van der Waals surface area contributed by atoms with E-state index in [1.54, 1.807) is 7.11 Å². The predicted molar refractivity (Wildman–Crippen MR) is 71.4 cm³/mol. The molecular weight excluding hydrogens is 232 g/mol. The van der Waals surface area contributed by atoms with Crippen LogP contribution in [0.3, 0.4) is 0 Å². The Kier molecular flexibility index (Phi) is 4.54. The molecule has 1 aliphatic carbocycles. The van der Waals surface area contributed by atoms with E-state index in [1.165, 1.54) is 23.4 Å². The molecule has 1 fully saturated rings. The Hall–Kier alpha value is -0.450. The molecular formula is C13H22N2OS. The second kappa shape index (κ2) is 5.94. The summed E-state index contributed by atoms with van der Waals surface area (Å²) in [6, 6.07) is 0.759. The molecule has 96 valence electrons. The molecule has 0 aliphatic heterocycles. The molecule has 4 heteroatoms. The Balaban J connectivity index is 2.06. The lowest BCUT2D eigenvalue weighted by Crippen LogP contribution is -2.15. The molecule has 1 aromatic heterocycles. The smallest absolute Gasteiger partial charge is 0.122 e. The Morgan fingerprint density at radius 2 is 2.24 bits per heavy atom. The van der Waals surface area contributed by atoms with Gasteiger partial charge in [-0.25, -0.2) is 4.98 Å². The maximum Gasteiger partial charge on any atom is 0.122 e. The first-order valence-electron chi connectivity index (χ1n) is 6.53. The first-order valence-corrected chi connectivity index (χ1v) is 7.34. The van der Waals surface area contributed by atoms with Gasteiger partial charge in [-0.1, -0.05) is 13.8 Å². The van der Waals surface area contributed by atoms with Crippen molar-refractivity contribution in [3.63, 3.8) is 0 Å². The van der Waals surface area contributed by atoms with Crippen molar-refractivity contribution in [3.05, 3.63) is 15.6 Å². The highest BCUT2D eigenvalue weighted by Crippen LogP contribution is 2.29. The average molecular weight is 254 g/mol. The summed E-state index contributed by atoms with van der Waals surface area (Å²) >= 11 is 1.81. The molecule has 0 bridgehead atoms. The van der Waals surface area contributed by atoms with Gasteiger partial charge in [0.05, 0.1) is 5.69 Å². The fourth-order valence-corrected chi connectivity index (χ4v) is 3.19. The average Bonchev–Trinajstić information content (AvgIpc) is 3.09. The Labute approximate surface area is 108 Å². The van der Waals surface area contributed by atoms with Gasteiger partial charge in [-0.3, -0.25) is 0 Å². The summed E-state index contributed by atoms with van der Waals surface area (Å²) in [5.74, 6) is 0. The van der Waals surface area contributed by atoms with Gasteiger partial charge in [0.25, 0.3) is 0 Å². The largest absolute Gasteiger partial charge is 0.374 e. The van der Waals surface area contributed by atoms with Crippen LogP contribution in [0.5, 0.6) is 0 Å². The van der Waals surface area contributed by atoms with Crippen LogP contribution in [0, 0.1) is 0 Å². The van der Waals surface area contributed by atoms with Crippen molar-refractivity contribution in [2.24, 2.45) is 0 Å². The highest BCUT2D eigenvalue weighted by molar-refractivity contribution is 7.11. The van der Waals surface area contributed by atoms with E-state index in [-0.39, 0.29) is 6.10 Å². The van der Waals surface area contributed by atoms with Gasteiger partial charge < -0.3 is 10.1 Å². The fourth-order valence-electron chi connectivity index (χ4n) is 1.92. The van der Waals surface area contributed by atoms with Gasteiger partial charge in [0.15, 0.2) is 0 Å². The van der Waals surface area contributed by atoms with Crippen LogP contribution >= 0.6 is 11.3 Å². The lowest BCUT2D eigenvalue weighted by atomic mass is 10.2. The van der Waals surface area contributed by atoms with Gasteiger partial charge in [-0.15, -0.1) is 11.3 Å². The van der Waals surface area contributed by atoms with Crippen LogP contribution in [0.2, 0.25) is 0 Å². The summed E-state index contributed by atoms with van der Waals surface area (Å²) in [6.07, 6.45) is 4.84. The molecule has 2 rings (SSSR count). The molecule has 1 aromatic rings. The molecule has 0 aromatic carbocycles. The molecule has 1 aliphatic rings. The molecule has 1 unspecified atom stereocenters. The summed E-state index contributed by atoms with van der Waals surface area (Å²) in [6.45, 7) is 5.29. The molecule has 0 amide bonds. The monoisotopic (exact) mass is 254 g/mol. The van der Waals surface area contributed by atoms with Crippen molar-refractivity contribution in [2.75, 3.05) is 7.11 Å². The minimum Gasteiger partial charge on any atom is -0.374 e. The van der Waals surface area contributed by atoms with Crippen molar-refractivity contribution in [1.82, 2.24) is 10.3 Å². The Bertz CT molecular complexity index is 356. The summed E-state index contributed by atoms with van der Waals surface area (Å²) < 4.78 is 5.46. The predicted octanol–water partition coefficient (Wildman–Crippen LogP) is 3.06. The zero-order valence-corrected chi connectivity index (χ0v) is 11.8. The van der Waals surface area contributed by atoms with Crippen LogP contribution in [0.1, 0.15) is 54.8 Å². The third-order valence-electron chi connectivity index (χ3n) is 3.19. The van der Waals surface area contributed by atoms with E-state index in [0.717, 1.165) is 30.4 Å². The third-order valence-corrected chi connectivity index (χ3v) is 4.38. The number of rotatable bonds is 7. The zero-order chi connectivity index (χ0) is 12.3. The molecule has 3 nitrogen and oxygen atoms in total. The maximum atomic E-state index is 5.46. The van der Waals surface area contributed by atoms with Crippen molar-refractivity contribution in [3.8, 4) is 0 Å². The van der Waals surface area contributed by atoms with Crippen molar-refractivity contribution >= 4 is 11.3 Å². The summed E-state index contributed by atoms with van der Waals surface area (Å²) in [5, 5.41) is 4.70. The number of hydrogen-bond donors (Lipinski definition) is 1. The molecule has 1 N–H and O–H groups in total. The molecule has 0 radical (unpaired) electrons. The van der Waals surface area contributed by atoms with Crippen molar-refractivity contribution < 1.29 is 4.74 Å². The van der Waals surface area contributed by atoms with E-state index in [9.17, 15) is 0 Å². The fraction of sp³-hybridized carbons (Fsp3) is 0.769. The molecule has 1 atom stereocenters. The van der Waals surface area contributed by atoms with E-state index in [4.69, 9.17) is 9.72 Å². The molecule has 0 spiro atoms. The number of nitrogens with zero attached hydrogens (tertiary/aromatic N) is 1. The number of methoxy groups -OCH3 is 1. The van der Waals surface area contributed by atoms with Gasteiger partial charge in [-0.2, -0.15) is 0 Å². The highest BCUT2D eigenvalue weighted by atomic mass is 32.1. The minimum atomic E-state index is 0.167. The molecule has 1 saturated carbocycles. The number of nitrogens with one attached hydrogen (secondary N) is 1. The standard InChI is InChI=1S/C13H22N2OS/c1-4-10-12(8-14-9-6-7-9)17-13(15-10)11(5-2)16-3/h9,11,14H,4-8H2,1-3H3. The number of thiazole rings is 1. The first kappa shape index (κ1) is 13.0. The van der Waals surface area contributed by atoms with Crippen LogP contribution in [0.4, 0.5) is 0 Å². The van der Waals surface area contributed by atoms with E-state index in [0.29, 0.717) is 0 Å². The van der Waals surface area contributed by atoms with Crippen molar-refractivity contribution in [2.45, 2.75) is 58.2 Å². The number of aryl methyl sites for hydroxylation is 1. The van der Waals surface area contributed by atoms with E-state index in [2.05, 4.69) is 19.2 Å². The van der Waals surface area contributed by atoms with Gasteiger partial charge in [0.1, 0.15) is 11.1 Å². The quantitative estimate of drug-likeness (QED) is 0.812. The van der Waals surface area contributed by atoms with Crippen molar-refractivity contribution in [1.29, 1.82) is 0 Å².